The molecule has 0 aliphatic rings. The molecule has 0 fully saturated rings. The highest BCUT2D eigenvalue weighted by molar-refractivity contribution is 5.56. The predicted molar refractivity (Wildman–Crippen MR) is 72.2 cm³/mol. The van der Waals surface area contributed by atoms with Crippen molar-refractivity contribution >= 4 is 5.69 Å². The Labute approximate surface area is 107 Å². The van der Waals surface area contributed by atoms with Crippen LogP contribution in [0.2, 0.25) is 0 Å². The molecule has 0 unspecified atom stereocenters. The molecule has 2 N–H and O–H groups in total. The van der Waals surface area contributed by atoms with E-state index in [1.165, 1.54) is 0 Å². The number of rotatable bonds is 4. The summed E-state index contributed by atoms with van der Waals surface area (Å²) in [6.07, 6.45) is 3.21. The molecule has 1 aromatic heterocycles. The molecule has 4 heteroatoms. The maximum atomic E-state index is 5.62. The van der Waals surface area contributed by atoms with Gasteiger partial charge in [0.2, 0.25) is 0 Å². The summed E-state index contributed by atoms with van der Waals surface area (Å²) < 4.78 is 5.62. The Kier molecular flexibility index (Phi) is 3.77. The zero-order valence-corrected chi connectivity index (χ0v) is 10.6. The average Bonchev–Trinajstić information content (AvgIpc) is 2.38. The first-order chi connectivity index (χ1) is 8.65. The van der Waals surface area contributed by atoms with E-state index in [-0.39, 0.29) is 0 Å². The second-order valence-corrected chi connectivity index (χ2v) is 4.57. The van der Waals surface area contributed by atoms with E-state index in [1.54, 1.807) is 12.4 Å². The molecule has 2 aromatic rings. The van der Waals surface area contributed by atoms with Crippen LogP contribution in [0.1, 0.15) is 13.8 Å². The topological polar surface area (TPSA) is 61.0 Å². The number of nitrogen functional groups attached to an aromatic ring is 1. The van der Waals surface area contributed by atoms with Crippen LogP contribution in [-0.2, 0) is 0 Å². The second kappa shape index (κ2) is 5.49. The van der Waals surface area contributed by atoms with Gasteiger partial charge in [0.15, 0.2) is 5.82 Å². The highest BCUT2D eigenvalue weighted by atomic mass is 16.5. The van der Waals surface area contributed by atoms with Crippen molar-refractivity contribution in [1.82, 2.24) is 9.97 Å². The highest BCUT2D eigenvalue weighted by Gasteiger charge is 2.02. The Bertz CT molecular complexity index is 491. The van der Waals surface area contributed by atoms with Gasteiger partial charge in [-0.25, -0.2) is 9.97 Å². The van der Waals surface area contributed by atoms with E-state index in [2.05, 4.69) is 23.8 Å². The molecular weight excluding hydrogens is 226 g/mol. The standard InChI is InChI=1S/C14H17N3O/c1-10(2)9-18-13-5-3-11(4-6-13)14-16-7-12(15)8-17-14/h3-8,10H,9,15H2,1-2H3. The zero-order valence-electron chi connectivity index (χ0n) is 10.6. The fourth-order valence-corrected chi connectivity index (χ4v) is 1.45. The monoisotopic (exact) mass is 243 g/mol. The number of ether oxygens (including phenoxy) is 1. The van der Waals surface area contributed by atoms with Gasteiger partial charge in [-0.05, 0) is 30.2 Å². The molecule has 1 aromatic carbocycles. The highest BCUT2D eigenvalue weighted by Crippen LogP contribution is 2.19. The van der Waals surface area contributed by atoms with Crippen molar-refractivity contribution in [3.63, 3.8) is 0 Å². The van der Waals surface area contributed by atoms with Crippen molar-refractivity contribution in [2.24, 2.45) is 5.92 Å². The Hall–Kier alpha value is -2.10. The molecule has 1 heterocycles. The van der Waals surface area contributed by atoms with Crippen LogP contribution in [-0.4, -0.2) is 16.6 Å². The summed E-state index contributed by atoms with van der Waals surface area (Å²) in [5.41, 5.74) is 7.07. The first-order valence-corrected chi connectivity index (χ1v) is 5.96. The van der Waals surface area contributed by atoms with Crippen molar-refractivity contribution in [1.29, 1.82) is 0 Å². The van der Waals surface area contributed by atoms with Crippen molar-refractivity contribution < 1.29 is 4.74 Å². The van der Waals surface area contributed by atoms with E-state index in [0.717, 1.165) is 17.9 Å². The van der Waals surface area contributed by atoms with Crippen molar-refractivity contribution in [2.45, 2.75) is 13.8 Å². The van der Waals surface area contributed by atoms with Crippen LogP contribution in [0.5, 0.6) is 5.75 Å². The van der Waals surface area contributed by atoms with Gasteiger partial charge in [-0.3, -0.25) is 0 Å². The lowest BCUT2D eigenvalue weighted by atomic mass is 10.2. The first kappa shape index (κ1) is 12.4. The molecule has 0 saturated carbocycles. The quantitative estimate of drug-likeness (QED) is 0.897. The summed E-state index contributed by atoms with van der Waals surface area (Å²) in [4.78, 5) is 8.35. The molecule has 4 nitrogen and oxygen atoms in total. The van der Waals surface area contributed by atoms with E-state index < -0.39 is 0 Å². The van der Waals surface area contributed by atoms with Crippen LogP contribution in [0.15, 0.2) is 36.7 Å². The summed E-state index contributed by atoms with van der Waals surface area (Å²) >= 11 is 0. The van der Waals surface area contributed by atoms with Crippen molar-refractivity contribution in [3.05, 3.63) is 36.7 Å². The minimum absolute atomic E-state index is 0.519. The SMILES string of the molecule is CC(C)COc1ccc(-c2ncc(N)cn2)cc1. The van der Waals surface area contributed by atoms with Crippen LogP contribution in [0.4, 0.5) is 5.69 Å². The number of hydrogen-bond acceptors (Lipinski definition) is 4. The lowest BCUT2D eigenvalue weighted by Gasteiger charge is -2.08. The lowest BCUT2D eigenvalue weighted by molar-refractivity contribution is 0.271. The van der Waals surface area contributed by atoms with Crippen LogP contribution < -0.4 is 10.5 Å². The minimum atomic E-state index is 0.519. The smallest absolute Gasteiger partial charge is 0.159 e. The maximum Gasteiger partial charge on any atom is 0.159 e. The fourth-order valence-electron chi connectivity index (χ4n) is 1.45. The zero-order chi connectivity index (χ0) is 13.0. The third kappa shape index (κ3) is 3.20. The molecule has 0 bridgehead atoms. The van der Waals surface area contributed by atoms with Gasteiger partial charge < -0.3 is 10.5 Å². The summed E-state index contributed by atoms with van der Waals surface area (Å²) in [5.74, 6) is 2.05. The van der Waals surface area contributed by atoms with Crippen molar-refractivity contribution in [3.8, 4) is 17.1 Å². The molecule has 0 radical (unpaired) electrons. The number of aromatic nitrogens is 2. The van der Waals surface area contributed by atoms with E-state index in [4.69, 9.17) is 10.5 Å². The van der Waals surface area contributed by atoms with Crippen molar-refractivity contribution in [2.75, 3.05) is 12.3 Å². The fraction of sp³-hybridized carbons (Fsp3) is 0.286. The van der Waals surface area contributed by atoms with Gasteiger partial charge in [0.25, 0.3) is 0 Å². The Morgan fingerprint density at radius 1 is 1.11 bits per heavy atom. The third-order valence-corrected chi connectivity index (χ3v) is 2.37. The molecule has 2 rings (SSSR count). The number of nitrogens with zero attached hydrogens (tertiary/aromatic N) is 2. The summed E-state index contributed by atoms with van der Waals surface area (Å²) in [6.45, 7) is 4.96. The van der Waals surface area contributed by atoms with Crippen LogP contribution in [0.25, 0.3) is 11.4 Å². The predicted octanol–water partition coefficient (Wildman–Crippen LogP) is 2.76. The first-order valence-electron chi connectivity index (χ1n) is 5.96. The molecule has 0 spiro atoms. The second-order valence-electron chi connectivity index (χ2n) is 4.57. The Morgan fingerprint density at radius 3 is 2.28 bits per heavy atom. The molecule has 0 atom stereocenters. The molecule has 94 valence electrons. The number of hydrogen-bond donors (Lipinski definition) is 1. The van der Waals surface area contributed by atoms with Gasteiger partial charge in [0.05, 0.1) is 24.7 Å². The van der Waals surface area contributed by atoms with Gasteiger partial charge >= 0.3 is 0 Å². The molecule has 0 amide bonds. The number of benzene rings is 1. The van der Waals surface area contributed by atoms with E-state index in [0.29, 0.717) is 17.4 Å². The van der Waals surface area contributed by atoms with Gasteiger partial charge in [-0.15, -0.1) is 0 Å². The lowest BCUT2D eigenvalue weighted by Crippen LogP contribution is -2.04. The molecule has 18 heavy (non-hydrogen) atoms. The minimum Gasteiger partial charge on any atom is -0.493 e. The average molecular weight is 243 g/mol. The maximum absolute atomic E-state index is 5.62. The summed E-state index contributed by atoms with van der Waals surface area (Å²) in [7, 11) is 0. The molecule has 0 aliphatic heterocycles. The molecule has 0 aliphatic carbocycles. The van der Waals surface area contributed by atoms with E-state index >= 15 is 0 Å². The Balaban J connectivity index is 2.09. The third-order valence-electron chi connectivity index (χ3n) is 2.37. The molecule has 0 saturated heterocycles. The van der Waals surface area contributed by atoms with E-state index in [1.807, 2.05) is 24.3 Å². The number of anilines is 1. The van der Waals surface area contributed by atoms with Gasteiger partial charge in [-0.1, -0.05) is 13.8 Å². The van der Waals surface area contributed by atoms with Crippen LogP contribution in [0, 0.1) is 5.92 Å². The largest absolute Gasteiger partial charge is 0.493 e. The summed E-state index contributed by atoms with van der Waals surface area (Å²) in [5, 5.41) is 0. The normalized spacial score (nSPS) is 10.6. The number of nitrogens with two attached hydrogens (primary N) is 1. The van der Waals surface area contributed by atoms with Crippen LogP contribution >= 0.6 is 0 Å². The van der Waals surface area contributed by atoms with Crippen LogP contribution in [0.3, 0.4) is 0 Å². The van der Waals surface area contributed by atoms with Gasteiger partial charge in [0, 0.05) is 5.56 Å². The Morgan fingerprint density at radius 2 is 1.72 bits per heavy atom. The van der Waals surface area contributed by atoms with Gasteiger partial charge in [-0.2, -0.15) is 0 Å². The van der Waals surface area contributed by atoms with E-state index in [9.17, 15) is 0 Å². The van der Waals surface area contributed by atoms with Gasteiger partial charge in [0.1, 0.15) is 5.75 Å². The summed E-state index contributed by atoms with van der Waals surface area (Å²) in [6, 6.07) is 7.75. The molecular formula is C14H17N3O.